The Labute approximate surface area is 154 Å². The van der Waals surface area contributed by atoms with Gasteiger partial charge in [0, 0.05) is 44.8 Å². The fraction of sp³-hybridized carbons (Fsp3) is 0.429. The zero-order valence-electron chi connectivity index (χ0n) is 15.1. The summed E-state index contributed by atoms with van der Waals surface area (Å²) in [5.74, 6) is 0.318. The zero-order valence-corrected chi connectivity index (χ0v) is 15.1. The molecule has 2 amide bonds. The molecule has 2 aliphatic rings. The van der Waals surface area contributed by atoms with Crippen LogP contribution in [0.15, 0.2) is 42.5 Å². The van der Waals surface area contributed by atoms with E-state index in [9.17, 15) is 9.59 Å². The van der Waals surface area contributed by atoms with E-state index >= 15 is 0 Å². The second kappa shape index (κ2) is 7.46. The SMILES string of the molecule is O=C(CN1CCN(C(=O)c2ccc3ccccc3c2)CC1)N1CCCC1. The summed E-state index contributed by atoms with van der Waals surface area (Å²) in [6.45, 7) is 5.17. The van der Waals surface area contributed by atoms with Gasteiger partial charge in [0.25, 0.3) is 5.91 Å². The van der Waals surface area contributed by atoms with Crippen molar-refractivity contribution in [3.05, 3.63) is 48.0 Å². The van der Waals surface area contributed by atoms with Gasteiger partial charge in [-0.1, -0.05) is 30.3 Å². The molecule has 0 N–H and O–H groups in total. The van der Waals surface area contributed by atoms with Gasteiger partial charge < -0.3 is 9.80 Å². The maximum atomic E-state index is 12.8. The molecule has 4 rings (SSSR count). The maximum Gasteiger partial charge on any atom is 0.253 e. The monoisotopic (exact) mass is 351 g/mol. The average molecular weight is 351 g/mol. The Kier molecular flexibility index (Phi) is 4.89. The third-order valence-corrected chi connectivity index (χ3v) is 5.47. The van der Waals surface area contributed by atoms with Crippen LogP contribution in [0, 0.1) is 0 Å². The molecule has 5 nitrogen and oxygen atoms in total. The van der Waals surface area contributed by atoms with Gasteiger partial charge in [0.15, 0.2) is 0 Å². The number of carbonyl (C=O) groups excluding carboxylic acids is 2. The largest absolute Gasteiger partial charge is 0.342 e. The Balaban J connectivity index is 1.34. The molecule has 0 spiro atoms. The second-order valence-corrected chi connectivity index (χ2v) is 7.22. The number of amides is 2. The van der Waals surface area contributed by atoms with Gasteiger partial charge in [-0.3, -0.25) is 14.5 Å². The summed E-state index contributed by atoms with van der Waals surface area (Å²) in [6.07, 6.45) is 2.25. The third-order valence-electron chi connectivity index (χ3n) is 5.47. The first-order valence-corrected chi connectivity index (χ1v) is 9.49. The number of nitrogens with zero attached hydrogens (tertiary/aromatic N) is 3. The summed E-state index contributed by atoms with van der Waals surface area (Å²) in [5, 5.41) is 2.24. The first-order chi connectivity index (χ1) is 12.7. The van der Waals surface area contributed by atoms with Crippen LogP contribution in [0.4, 0.5) is 0 Å². The molecule has 0 bridgehead atoms. The van der Waals surface area contributed by atoms with Crippen LogP contribution >= 0.6 is 0 Å². The lowest BCUT2D eigenvalue weighted by Crippen LogP contribution is -2.51. The predicted octanol–water partition coefficient (Wildman–Crippen LogP) is 2.22. The molecule has 2 heterocycles. The van der Waals surface area contributed by atoms with Crippen molar-refractivity contribution in [3.63, 3.8) is 0 Å². The van der Waals surface area contributed by atoms with E-state index in [1.807, 2.05) is 46.2 Å². The first kappa shape index (κ1) is 17.0. The average Bonchev–Trinajstić information content (AvgIpc) is 3.23. The number of rotatable bonds is 3. The minimum Gasteiger partial charge on any atom is -0.342 e. The van der Waals surface area contributed by atoms with E-state index in [2.05, 4.69) is 11.0 Å². The number of piperazine rings is 1. The summed E-state index contributed by atoms with van der Waals surface area (Å²) < 4.78 is 0. The zero-order chi connectivity index (χ0) is 17.9. The van der Waals surface area contributed by atoms with Gasteiger partial charge >= 0.3 is 0 Å². The van der Waals surface area contributed by atoms with E-state index in [1.165, 1.54) is 0 Å². The van der Waals surface area contributed by atoms with Crippen LogP contribution in [0.3, 0.4) is 0 Å². The van der Waals surface area contributed by atoms with Gasteiger partial charge in [-0.05, 0) is 35.7 Å². The molecular formula is C21H25N3O2. The van der Waals surface area contributed by atoms with Crippen molar-refractivity contribution < 1.29 is 9.59 Å². The molecule has 2 aromatic carbocycles. The van der Waals surface area contributed by atoms with Crippen LogP contribution in [0.25, 0.3) is 10.8 Å². The predicted molar refractivity (Wildman–Crippen MR) is 102 cm³/mol. The van der Waals surface area contributed by atoms with Crippen molar-refractivity contribution in [2.45, 2.75) is 12.8 Å². The Morgan fingerprint density at radius 2 is 1.46 bits per heavy atom. The summed E-state index contributed by atoms with van der Waals surface area (Å²) in [4.78, 5) is 31.1. The van der Waals surface area contributed by atoms with Crippen molar-refractivity contribution in [2.75, 3.05) is 45.8 Å². The van der Waals surface area contributed by atoms with E-state index in [0.29, 0.717) is 19.6 Å². The molecule has 2 aliphatic heterocycles. The molecule has 0 aliphatic carbocycles. The molecular weight excluding hydrogens is 326 g/mol. The lowest BCUT2D eigenvalue weighted by atomic mass is 10.1. The van der Waals surface area contributed by atoms with Crippen molar-refractivity contribution >= 4 is 22.6 Å². The molecule has 136 valence electrons. The number of benzene rings is 2. The second-order valence-electron chi connectivity index (χ2n) is 7.22. The van der Waals surface area contributed by atoms with Gasteiger partial charge in [-0.25, -0.2) is 0 Å². The number of hydrogen-bond donors (Lipinski definition) is 0. The Hall–Kier alpha value is -2.40. The lowest BCUT2D eigenvalue weighted by molar-refractivity contribution is -0.131. The summed E-state index contributed by atoms with van der Waals surface area (Å²) in [6, 6.07) is 14.0. The maximum absolute atomic E-state index is 12.8. The molecule has 0 aromatic heterocycles. The minimum atomic E-state index is 0.0845. The Morgan fingerprint density at radius 3 is 2.19 bits per heavy atom. The van der Waals surface area contributed by atoms with Gasteiger partial charge in [-0.15, -0.1) is 0 Å². The van der Waals surface area contributed by atoms with Crippen LogP contribution in [0.1, 0.15) is 23.2 Å². The lowest BCUT2D eigenvalue weighted by Gasteiger charge is -2.35. The molecule has 0 unspecified atom stereocenters. The van der Waals surface area contributed by atoms with Crippen LogP contribution in [0.5, 0.6) is 0 Å². The Morgan fingerprint density at radius 1 is 0.769 bits per heavy atom. The smallest absolute Gasteiger partial charge is 0.253 e. The van der Waals surface area contributed by atoms with Crippen LogP contribution in [-0.2, 0) is 4.79 Å². The van der Waals surface area contributed by atoms with Crippen molar-refractivity contribution in [1.82, 2.24) is 14.7 Å². The third kappa shape index (κ3) is 3.58. The van der Waals surface area contributed by atoms with Crippen LogP contribution in [0.2, 0.25) is 0 Å². The standard InChI is InChI=1S/C21H25N3O2/c25-20(23-9-3-4-10-23)16-22-11-13-24(14-12-22)21(26)19-8-7-17-5-1-2-6-18(17)15-19/h1-2,5-8,15H,3-4,9-14,16H2. The highest BCUT2D eigenvalue weighted by Crippen LogP contribution is 2.18. The van der Waals surface area contributed by atoms with E-state index < -0.39 is 0 Å². The van der Waals surface area contributed by atoms with Gasteiger partial charge in [0.2, 0.25) is 5.91 Å². The molecule has 26 heavy (non-hydrogen) atoms. The fourth-order valence-corrected chi connectivity index (χ4v) is 3.87. The topological polar surface area (TPSA) is 43.9 Å². The highest BCUT2D eigenvalue weighted by molar-refractivity contribution is 5.98. The van der Waals surface area contributed by atoms with Crippen LogP contribution < -0.4 is 0 Å². The van der Waals surface area contributed by atoms with Gasteiger partial charge in [-0.2, -0.15) is 0 Å². The molecule has 0 radical (unpaired) electrons. The van der Waals surface area contributed by atoms with E-state index in [4.69, 9.17) is 0 Å². The Bertz CT molecular complexity index is 806. The number of carbonyl (C=O) groups is 2. The molecule has 2 fully saturated rings. The van der Waals surface area contributed by atoms with Gasteiger partial charge in [0.1, 0.15) is 0 Å². The molecule has 5 heteroatoms. The van der Waals surface area contributed by atoms with Crippen molar-refractivity contribution in [2.24, 2.45) is 0 Å². The van der Waals surface area contributed by atoms with E-state index in [-0.39, 0.29) is 11.8 Å². The molecule has 2 aromatic rings. The van der Waals surface area contributed by atoms with Crippen molar-refractivity contribution in [1.29, 1.82) is 0 Å². The highest BCUT2D eigenvalue weighted by atomic mass is 16.2. The molecule has 0 atom stereocenters. The highest BCUT2D eigenvalue weighted by Gasteiger charge is 2.25. The number of hydrogen-bond acceptors (Lipinski definition) is 3. The van der Waals surface area contributed by atoms with E-state index in [0.717, 1.165) is 55.4 Å². The summed E-state index contributed by atoms with van der Waals surface area (Å²) >= 11 is 0. The number of likely N-dealkylation sites (tertiary alicyclic amines) is 1. The quantitative estimate of drug-likeness (QED) is 0.852. The van der Waals surface area contributed by atoms with Crippen molar-refractivity contribution in [3.8, 4) is 0 Å². The normalized spacial score (nSPS) is 18.5. The summed E-state index contributed by atoms with van der Waals surface area (Å²) in [5.41, 5.74) is 0.741. The fourth-order valence-electron chi connectivity index (χ4n) is 3.87. The molecule has 0 saturated carbocycles. The first-order valence-electron chi connectivity index (χ1n) is 9.49. The molecule has 2 saturated heterocycles. The van der Waals surface area contributed by atoms with Gasteiger partial charge in [0.05, 0.1) is 6.54 Å². The van der Waals surface area contributed by atoms with E-state index in [1.54, 1.807) is 0 Å². The minimum absolute atomic E-state index is 0.0845. The van der Waals surface area contributed by atoms with Crippen LogP contribution in [-0.4, -0.2) is 72.3 Å². The number of fused-ring (bicyclic) bond motifs is 1. The summed E-state index contributed by atoms with van der Waals surface area (Å²) in [7, 11) is 0.